The summed E-state index contributed by atoms with van der Waals surface area (Å²) in [5.41, 5.74) is 2.01. The number of aromatic amines is 1. The molecule has 0 aliphatic rings. The van der Waals surface area contributed by atoms with Gasteiger partial charge in [-0.3, -0.25) is 4.79 Å². The van der Waals surface area contributed by atoms with Gasteiger partial charge in [0.25, 0.3) is 5.91 Å². The Balaban J connectivity index is 2.14. The van der Waals surface area contributed by atoms with Crippen molar-refractivity contribution in [1.82, 2.24) is 4.98 Å². The summed E-state index contributed by atoms with van der Waals surface area (Å²) in [7, 11) is 0. The molecule has 94 valence electrons. The minimum Gasteiger partial charge on any atom is -0.352 e. The Morgan fingerprint density at radius 1 is 1.32 bits per heavy atom. The maximum atomic E-state index is 12.0. The van der Waals surface area contributed by atoms with Crippen LogP contribution in [0.2, 0.25) is 0 Å². The average molecular weight is 269 g/mol. The van der Waals surface area contributed by atoms with Gasteiger partial charge in [-0.2, -0.15) is 5.26 Å². The molecule has 1 amide bonds. The Morgan fingerprint density at radius 3 is 2.68 bits per heavy atom. The minimum absolute atomic E-state index is 0.255. The second kappa shape index (κ2) is 5.94. The Hall–Kier alpha value is -2.45. The topological polar surface area (TPSA) is 68.7 Å². The number of nitriles is 1. The number of rotatable bonds is 3. The monoisotopic (exact) mass is 269 g/mol. The molecule has 2 aromatic rings. The highest BCUT2D eigenvalue weighted by atomic mass is 32.1. The predicted molar refractivity (Wildman–Crippen MR) is 75.3 cm³/mol. The van der Waals surface area contributed by atoms with Gasteiger partial charge in [0.15, 0.2) is 0 Å². The number of hydrogen-bond acceptors (Lipinski definition) is 3. The highest BCUT2D eigenvalue weighted by Crippen LogP contribution is 2.12. The largest absolute Gasteiger partial charge is 0.352 e. The van der Waals surface area contributed by atoms with Crippen LogP contribution in [0.1, 0.15) is 15.9 Å². The molecule has 1 aromatic carbocycles. The second-order valence-electron chi connectivity index (χ2n) is 3.90. The number of carbonyl (C=O) groups excluding carboxylic acids is 1. The molecule has 4 nitrogen and oxygen atoms in total. The van der Waals surface area contributed by atoms with Crippen molar-refractivity contribution in [2.45, 2.75) is 6.42 Å². The third-order valence-electron chi connectivity index (χ3n) is 2.56. The number of amides is 1. The Kier molecular flexibility index (Phi) is 4.06. The average Bonchev–Trinajstić information content (AvgIpc) is 2.42. The summed E-state index contributed by atoms with van der Waals surface area (Å²) in [6, 6.07) is 12.6. The lowest BCUT2D eigenvalue weighted by atomic mass is 10.1. The van der Waals surface area contributed by atoms with E-state index in [-0.39, 0.29) is 5.91 Å². The second-order valence-corrected chi connectivity index (χ2v) is 4.31. The number of aromatic nitrogens is 1. The van der Waals surface area contributed by atoms with Crippen LogP contribution in [0, 0.1) is 16.0 Å². The van der Waals surface area contributed by atoms with Crippen LogP contribution in [-0.4, -0.2) is 10.9 Å². The van der Waals surface area contributed by atoms with E-state index < -0.39 is 0 Å². The molecule has 5 heteroatoms. The van der Waals surface area contributed by atoms with Crippen molar-refractivity contribution in [3.05, 3.63) is 58.4 Å². The van der Waals surface area contributed by atoms with E-state index in [4.69, 9.17) is 17.5 Å². The van der Waals surface area contributed by atoms with Crippen LogP contribution < -0.4 is 5.32 Å². The fourth-order valence-electron chi connectivity index (χ4n) is 1.60. The first-order chi connectivity index (χ1) is 9.20. The molecule has 2 rings (SSSR count). The van der Waals surface area contributed by atoms with E-state index in [1.807, 2.05) is 12.1 Å². The van der Waals surface area contributed by atoms with Gasteiger partial charge in [-0.15, -0.1) is 0 Å². The van der Waals surface area contributed by atoms with Crippen LogP contribution >= 0.6 is 12.2 Å². The van der Waals surface area contributed by atoms with Crippen LogP contribution in [0.25, 0.3) is 0 Å². The van der Waals surface area contributed by atoms with Gasteiger partial charge in [0.05, 0.1) is 18.1 Å². The number of anilines is 1. The number of pyridine rings is 1. The normalized spacial score (nSPS) is 9.63. The molecule has 0 spiro atoms. The molecular formula is C14H11N3OS. The number of hydrogen-bond donors (Lipinski definition) is 2. The first-order valence-electron chi connectivity index (χ1n) is 5.65. The summed E-state index contributed by atoms with van der Waals surface area (Å²) in [6.07, 6.45) is 2.04. The van der Waals surface area contributed by atoms with E-state index in [9.17, 15) is 4.79 Å². The van der Waals surface area contributed by atoms with Gasteiger partial charge in [0.1, 0.15) is 4.64 Å². The molecule has 0 saturated carbocycles. The third kappa shape index (κ3) is 3.27. The van der Waals surface area contributed by atoms with Crippen molar-refractivity contribution in [3.8, 4) is 6.07 Å². The van der Waals surface area contributed by atoms with Crippen LogP contribution in [0.4, 0.5) is 5.69 Å². The molecule has 0 radical (unpaired) electrons. The summed E-state index contributed by atoms with van der Waals surface area (Å²) in [6.45, 7) is 0. The van der Waals surface area contributed by atoms with Crippen molar-refractivity contribution < 1.29 is 4.79 Å². The fourth-order valence-corrected chi connectivity index (χ4v) is 1.82. The Labute approximate surface area is 115 Å². The van der Waals surface area contributed by atoms with Gasteiger partial charge in [-0.05, 0) is 29.8 Å². The van der Waals surface area contributed by atoms with Crippen LogP contribution in [0.5, 0.6) is 0 Å². The fraction of sp³-hybridized carbons (Fsp3) is 0.0714. The Morgan fingerprint density at radius 2 is 2.05 bits per heavy atom. The van der Waals surface area contributed by atoms with E-state index in [1.165, 1.54) is 0 Å². The first kappa shape index (κ1) is 13.0. The zero-order chi connectivity index (χ0) is 13.7. The van der Waals surface area contributed by atoms with Crippen LogP contribution in [0.3, 0.4) is 0 Å². The lowest BCUT2D eigenvalue weighted by molar-refractivity contribution is 0.102. The number of benzene rings is 1. The molecule has 2 N–H and O–H groups in total. The van der Waals surface area contributed by atoms with Crippen LogP contribution in [-0.2, 0) is 6.42 Å². The Bertz CT molecular complexity index is 683. The number of carbonyl (C=O) groups is 1. The van der Waals surface area contributed by atoms with Gasteiger partial charge < -0.3 is 10.3 Å². The smallest absolute Gasteiger partial charge is 0.258 e. The molecule has 19 heavy (non-hydrogen) atoms. The van der Waals surface area contributed by atoms with E-state index in [0.29, 0.717) is 22.3 Å². The minimum atomic E-state index is -0.255. The molecule has 0 bridgehead atoms. The molecule has 0 unspecified atom stereocenters. The summed E-state index contributed by atoms with van der Waals surface area (Å²) in [5, 5.41) is 11.3. The molecule has 0 aliphatic carbocycles. The van der Waals surface area contributed by atoms with Crippen LogP contribution in [0.15, 0.2) is 42.6 Å². The van der Waals surface area contributed by atoms with Crippen molar-refractivity contribution in [2.24, 2.45) is 0 Å². The van der Waals surface area contributed by atoms with Crippen molar-refractivity contribution in [2.75, 3.05) is 5.32 Å². The molecular weight excluding hydrogens is 258 g/mol. The zero-order valence-corrected chi connectivity index (χ0v) is 10.8. The molecule has 0 fully saturated rings. The molecule has 0 atom stereocenters. The lowest BCUT2D eigenvalue weighted by Crippen LogP contribution is -2.12. The van der Waals surface area contributed by atoms with E-state index in [1.54, 1.807) is 30.5 Å². The molecule has 1 aromatic heterocycles. The standard InChI is InChI=1S/C14H11N3OS/c15-8-7-10-3-5-11(6-4-10)17-13(18)12-2-1-9-16-14(12)19/h1-6,9H,7H2,(H,16,19)(H,17,18). The maximum absolute atomic E-state index is 12.0. The maximum Gasteiger partial charge on any atom is 0.258 e. The van der Waals surface area contributed by atoms with Crippen molar-refractivity contribution in [3.63, 3.8) is 0 Å². The summed E-state index contributed by atoms with van der Waals surface area (Å²) < 4.78 is 0.404. The predicted octanol–water partition coefficient (Wildman–Crippen LogP) is 3.06. The highest BCUT2D eigenvalue weighted by Gasteiger charge is 2.07. The van der Waals surface area contributed by atoms with E-state index in [2.05, 4.69) is 16.4 Å². The van der Waals surface area contributed by atoms with E-state index >= 15 is 0 Å². The van der Waals surface area contributed by atoms with E-state index in [0.717, 1.165) is 5.56 Å². The quantitative estimate of drug-likeness (QED) is 0.841. The highest BCUT2D eigenvalue weighted by molar-refractivity contribution is 7.71. The summed E-state index contributed by atoms with van der Waals surface area (Å²) in [4.78, 5) is 14.8. The summed E-state index contributed by atoms with van der Waals surface area (Å²) >= 11 is 5.05. The lowest BCUT2D eigenvalue weighted by Gasteiger charge is -2.05. The van der Waals surface area contributed by atoms with Gasteiger partial charge in [0.2, 0.25) is 0 Å². The van der Waals surface area contributed by atoms with Gasteiger partial charge >= 0.3 is 0 Å². The number of nitrogens with one attached hydrogen (secondary N) is 2. The molecule has 0 aliphatic heterocycles. The van der Waals surface area contributed by atoms with Gasteiger partial charge in [-0.1, -0.05) is 24.4 Å². The van der Waals surface area contributed by atoms with Crippen molar-refractivity contribution >= 4 is 23.8 Å². The third-order valence-corrected chi connectivity index (χ3v) is 2.90. The molecule has 1 heterocycles. The first-order valence-corrected chi connectivity index (χ1v) is 6.06. The van der Waals surface area contributed by atoms with Gasteiger partial charge in [0, 0.05) is 11.9 Å². The molecule has 0 saturated heterocycles. The van der Waals surface area contributed by atoms with Gasteiger partial charge in [-0.25, -0.2) is 0 Å². The number of nitrogens with zero attached hydrogens (tertiary/aromatic N) is 1. The zero-order valence-electron chi connectivity index (χ0n) is 10.0. The number of H-pyrrole nitrogens is 1. The van der Waals surface area contributed by atoms with Crippen molar-refractivity contribution in [1.29, 1.82) is 5.26 Å². The SMILES string of the molecule is N#CCc1ccc(NC(=O)c2ccc[nH]c2=S)cc1. The summed E-state index contributed by atoms with van der Waals surface area (Å²) in [5.74, 6) is -0.255.